The summed E-state index contributed by atoms with van der Waals surface area (Å²) in [6, 6.07) is 10.5. The first-order valence-corrected chi connectivity index (χ1v) is 17.6. The number of benzene rings is 1. The molecule has 0 bridgehead atoms. The smallest absolute Gasteiger partial charge is 0.450 e. The van der Waals surface area contributed by atoms with E-state index in [9.17, 15) is 19.5 Å². The van der Waals surface area contributed by atoms with Gasteiger partial charge in [-0.1, -0.05) is 74.9 Å². The molecule has 1 aromatic carbocycles. The van der Waals surface area contributed by atoms with Crippen LogP contribution in [-0.2, 0) is 28.5 Å². The van der Waals surface area contributed by atoms with Gasteiger partial charge in [-0.25, -0.2) is 4.79 Å². The van der Waals surface area contributed by atoms with Gasteiger partial charge in [-0.15, -0.1) is 0 Å². The van der Waals surface area contributed by atoms with Crippen LogP contribution in [0, 0.1) is 50.7 Å². The fourth-order valence-corrected chi connectivity index (χ4v) is 13.1. The minimum atomic E-state index is -1.36. The van der Waals surface area contributed by atoms with E-state index in [2.05, 4.69) is 63.3 Å². The van der Waals surface area contributed by atoms with Crippen LogP contribution in [0.25, 0.3) is 0 Å². The van der Waals surface area contributed by atoms with Crippen molar-refractivity contribution in [3.05, 3.63) is 59.7 Å². The highest BCUT2D eigenvalue weighted by Crippen LogP contribution is 2.89. The van der Waals surface area contributed by atoms with Crippen molar-refractivity contribution in [3.8, 4) is 0 Å². The second-order valence-electron chi connectivity index (χ2n) is 17.4. The van der Waals surface area contributed by atoms with Crippen molar-refractivity contribution in [2.45, 2.75) is 96.6 Å². The van der Waals surface area contributed by atoms with E-state index in [1.54, 1.807) is 6.92 Å². The first-order chi connectivity index (χ1) is 22.2. The number of allylic oxidation sites excluding steroid dienone is 3. The first kappa shape index (κ1) is 30.1. The zero-order chi connectivity index (χ0) is 32.8. The quantitative estimate of drug-likeness (QED) is 0.273. The third kappa shape index (κ3) is 3.64. The van der Waals surface area contributed by atoms with Crippen LogP contribution in [0.3, 0.4) is 0 Å². The van der Waals surface area contributed by atoms with Crippen molar-refractivity contribution >= 4 is 17.9 Å². The van der Waals surface area contributed by atoms with Crippen LogP contribution in [0.15, 0.2) is 54.1 Å². The van der Waals surface area contributed by atoms with Crippen LogP contribution < -0.4 is 0 Å². The molecule has 3 heterocycles. The second-order valence-corrected chi connectivity index (χ2v) is 17.4. The summed E-state index contributed by atoms with van der Waals surface area (Å²) in [4.78, 5) is 39.7. The number of hydrogen-bond donors (Lipinski definition) is 1. The Morgan fingerprint density at radius 3 is 2.57 bits per heavy atom. The van der Waals surface area contributed by atoms with Gasteiger partial charge in [0, 0.05) is 23.7 Å². The Morgan fingerprint density at radius 2 is 1.81 bits per heavy atom. The number of Topliss-reactive ketones (excluding diaryl/α,β-unsaturated/α-hetero) is 1. The van der Waals surface area contributed by atoms with E-state index in [1.807, 2.05) is 6.07 Å². The largest absolute Gasteiger partial charge is 0.506 e. The number of esters is 1. The van der Waals surface area contributed by atoms with Gasteiger partial charge in [0.05, 0.1) is 31.7 Å². The Kier molecular flexibility index (Phi) is 5.88. The molecule has 3 saturated heterocycles. The average Bonchev–Trinajstić information content (AvgIpc) is 3.23. The van der Waals surface area contributed by atoms with Gasteiger partial charge in [-0.05, 0) is 78.6 Å². The summed E-state index contributed by atoms with van der Waals surface area (Å²) in [7, 11) is 0. The molecule has 47 heavy (non-hydrogen) atoms. The summed E-state index contributed by atoms with van der Waals surface area (Å²) in [6.45, 7) is 9.41. The van der Waals surface area contributed by atoms with Gasteiger partial charge in [0.2, 0.25) is 5.79 Å². The zero-order valence-corrected chi connectivity index (χ0v) is 27.9. The highest BCUT2D eigenvalue weighted by Gasteiger charge is 2.85. The molecule has 0 aromatic heterocycles. The maximum atomic E-state index is 14.8. The predicted molar refractivity (Wildman–Crippen MR) is 170 cm³/mol. The number of fused-ring (bicyclic) bond motifs is 5. The van der Waals surface area contributed by atoms with E-state index in [0.29, 0.717) is 25.2 Å². The number of carboxylic acid groups (broad SMARTS) is 1. The highest BCUT2D eigenvalue weighted by atomic mass is 16.7. The van der Waals surface area contributed by atoms with Crippen molar-refractivity contribution in [2.24, 2.45) is 50.7 Å². The van der Waals surface area contributed by atoms with Crippen molar-refractivity contribution in [1.29, 1.82) is 0 Å². The predicted octanol–water partition coefficient (Wildman–Crippen LogP) is 7.19. The van der Waals surface area contributed by atoms with Crippen LogP contribution in [0.2, 0.25) is 0 Å². The Labute approximate surface area is 276 Å². The number of carbonyl (C=O) groups is 3. The third-order valence-corrected chi connectivity index (χ3v) is 15.3. The summed E-state index contributed by atoms with van der Waals surface area (Å²) >= 11 is 0. The summed E-state index contributed by atoms with van der Waals surface area (Å²) < 4.78 is 23.7. The lowest BCUT2D eigenvalue weighted by Gasteiger charge is -2.64. The maximum Gasteiger partial charge on any atom is 0.506 e. The molecule has 8 heteroatoms. The van der Waals surface area contributed by atoms with E-state index < -0.39 is 23.0 Å². The molecule has 6 fully saturated rings. The summed E-state index contributed by atoms with van der Waals surface area (Å²) in [6.07, 6.45) is 11.7. The minimum absolute atomic E-state index is 0.0508. The van der Waals surface area contributed by atoms with Crippen molar-refractivity contribution in [2.75, 3.05) is 13.2 Å². The highest BCUT2D eigenvalue weighted by molar-refractivity contribution is 5.90. The second kappa shape index (κ2) is 9.17. The molecule has 0 unspecified atom stereocenters. The monoisotopic (exact) mass is 642 g/mol. The lowest BCUT2D eigenvalue weighted by molar-refractivity contribution is -0.192. The molecule has 1 N–H and O–H groups in total. The summed E-state index contributed by atoms with van der Waals surface area (Å²) in [5.41, 5.74) is 0.486. The van der Waals surface area contributed by atoms with Gasteiger partial charge in [-0.3, -0.25) is 9.59 Å². The van der Waals surface area contributed by atoms with E-state index >= 15 is 0 Å². The number of ketones is 1. The van der Waals surface area contributed by atoms with Crippen LogP contribution in [-0.4, -0.2) is 47.6 Å². The Bertz CT molecular complexity index is 1650. The minimum Gasteiger partial charge on any atom is -0.450 e. The lowest BCUT2D eigenvalue weighted by atomic mass is 9.39. The molecule has 8 aliphatic rings. The third-order valence-electron chi connectivity index (χ3n) is 15.3. The molecule has 250 valence electrons. The van der Waals surface area contributed by atoms with Crippen molar-refractivity contribution in [3.63, 3.8) is 0 Å². The van der Waals surface area contributed by atoms with Gasteiger partial charge in [0.15, 0.2) is 0 Å². The summed E-state index contributed by atoms with van der Waals surface area (Å²) in [5, 5.41) is 9.24. The summed E-state index contributed by atoms with van der Waals surface area (Å²) in [5.74, 6) is -1.00. The van der Waals surface area contributed by atoms with Gasteiger partial charge >= 0.3 is 12.1 Å². The molecule has 3 aliphatic heterocycles. The SMILES string of the molecule is C[C@]1(OC(=O)O)CO[C@@]2(C[C@@H]([C@@H]3CC[C@]45C[C@]34C=C[C@@H]3[C@@]4(C)CC=C6C[C@@H](c7ccccc7)OC[C@]6(C)[C@@H]4CC(=O)[C@]35C)C(=O)O2)C1. The van der Waals surface area contributed by atoms with Crippen molar-refractivity contribution < 1.29 is 38.4 Å². The Hall–Kier alpha value is -2.97. The lowest BCUT2D eigenvalue weighted by Crippen LogP contribution is -2.63. The molecule has 12 atom stereocenters. The first-order valence-electron chi connectivity index (χ1n) is 17.6. The normalized spacial score (nSPS) is 52.1. The van der Waals surface area contributed by atoms with E-state index in [4.69, 9.17) is 18.9 Å². The topological polar surface area (TPSA) is 108 Å². The molecule has 0 radical (unpaired) electrons. The molecular weight excluding hydrogens is 596 g/mol. The fraction of sp³-hybridized carbons (Fsp3) is 0.667. The van der Waals surface area contributed by atoms with Gasteiger partial charge in [0.25, 0.3) is 0 Å². The van der Waals surface area contributed by atoms with Crippen LogP contribution >= 0.6 is 0 Å². The van der Waals surface area contributed by atoms with Crippen LogP contribution in [0.5, 0.6) is 0 Å². The zero-order valence-electron chi connectivity index (χ0n) is 27.9. The van der Waals surface area contributed by atoms with E-state index in [1.165, 1.54) is 11.1 Å². The van der Waals surface area contributed by atoms with Crippen LogP contribution in [0.1, 0.15) is 90.7 Å². The molecular formula is C39H46O8. The number of ether oxygens (including phenoxy) is 4. The molecule has 0 amide bonds. The van der Waals surface area contributed by atoms with Gasteiger partial charge < -0.3 is 24.1 Å². The van der Waals surface area contributed by atoms with E-state index in [0.717, 1.165) is 32.1 Å². The number of hydrogen-bond acceptors (Lipinski definition) is 7. The van der Waals surface area contributed by atoms with Gasteiger partial charge in [0.1, 0.15) is 11.4 Å². The Balaban J connectivity index is 1.01. The molecule has 5 aliphatic carbocycles. The Morgan fingerprint density at radius 1 is 1.02 bits per heavy atom. The molecule has 3 saturated carbocycles. The molecule has 9 rings (SSSR count). The van der Waals surface area contributed by atoms with Crippen LogP contribution in [0.4, 0.5) is 4.79 Å². The van der Waals surface area contributed by atoms with Crippen molar-refractivity contribution in [1.82, 2.24) is 0 Å². The van der Waals surface area contributed by atoms with E-state index in [-0.39, 0.29) is 70.4 Å². The number of carbonyl (C=O) groups excluding carboxylic acids is 2. The molecule has 8 nitrogen and oxygen atoms in total. The fourth-order valence-electron chi connectivity index (χ4n) is 13.1. The molecule has 1 spiro atoms. The number of rotatable bonds is 3. The molecule has 1 aromatic rings. The van der Waals surface area contributed by atoms with Gasteiger partial charge in [-0.2, -0.15) is 0 Å². The standard InChI is InChI=1S/C39H46O8/c1-33(47-32(42)43)19-39(45-21-33)18-25(31(41)46-39)26-11-15-38-20-37(26,38)14-12-28-34(2)13-10-24-16-27(23-8-6-5-7-9-23)44-22-35(24,3)29(34)17-30(40)36(28,38)4/h5-10,12,14,25-29H,11,13,15-22H2,1-4H3,(H,42,43)/t25-,26-,27-,28+,29+,33+,34+,35-,36-,37+,38+,39+/m0/s1. The average molecular weight is 643 g/mol. The maximum absolute atomic E-state index is 14.8.